The summed E-state index contributed by atoms with van der Waals surface area (Å²) >= 11 is 0. The van der Waals surface area contributed by atoms with Gasteiger partial charge in [0.25, 0.3) is 5.91 Å². The second kappa shape index (κ2) is 7.08. The number of benzene rings is 1. The highest BCUT2D eigenvalue weighted by Crippen LogP contribution is 2.34. The number of ether oxygens (including phenoxy) is 3. The number of alkyl carbamates (subject to hydrolysis) is 1. The zero-order valence-corrected chi connectivity index (χ0v) is 15.5. The van der Waals surface area contributed by atoms with Gasteiger partial charge in [-0.15, -0.1) is 0 Å². The van der Waals surface area contributed by atoms with Gasteiger partial charge >= 0.3 is 16.4 Å². The summed E-state index contributed by atoms with van der Waals surface area (Å²) in [5.41, 5.74) is 0.748. The molecule has 3 rings (SSSR count). The first-order valence-corrected chi connectivity index (χ1v) is 9.58. The zero-order valence-electron chi connectivity index (χ0n) is 14.7. The summed E-state index contributed by atoms with van der Waals surface area (Å²) in [4.78, 5) is 24.2. The summed E-state index contributed by atoms with van der Waals surface area (Å²) < 4.78 is 48.6. The first-order valence-electron chi connectivity index (χ1n) is 8.18. The molecule has 0 spiro atoms. The number of carbonyl (C=O) groups excluding carboxylic acids is 2. The molecule has 0 saturated carbocycles. The predicted octanol–water partition coefficient (Wildman–Crippen LogP) is 0.447. The molecule has 1 aromatic rings. The molecule has 0 radical (unpaired) electrons. The maximum absolute atomic E-state index is 12.2. The Kier molecular flexibility index (Phi) is 5.12. The van der Waals surface area contributed by atoms with Gasteiger partial charge in [0, 0.05) is 0 Å². The van der Waals surface area contributed by atoms with Crippen molar-refractivity contribution in [3.63, 3.8) is 0 Å². The van der Waals surface area contributed by atoms with Crippen LogP contribution in [0, 0.1) is 0 Å². The van der Waals surface area contributed by atoms with E-state index >= 15 is 0 Å². The minimum Gasteiger partial charge on any atom is -0.445 e. The van der Waals surface area contributed by atoms with E-state index in [2.05, 4.69) is 5.32 Å². The van der Waals surface area contributed by atoms with E-state index in [0.717, 1.165) is 5.56 Å². The summed E-state index contributed by atoms with van der Waals surface area (Å²) in [6, 6.07) is 6.54. The molecular weight excluding hydrogens is 380 g/mol. The lowest BCUT2D eigenvalue weighted by Crippen LogP contribution is -2.75. The topological polar surface area (TPSA) is 131 Å². The van der Waals surface area contributed by atoms with Crippen molar-refractivity contribution in [1.82, 2.24) is 9.62 Å². The Hall–Kier alpha value is -2.21. The van der Waals surface area contributed by atoms with Gasteiger partial charge in [-0.3, -0.25) is 9.35 Å². The third-order valence-corrected chi connectivity index (χ3v) is 5.16. The predicted molar refractivity (Wildman–Crippen MR) is 90.6 cm³/mol. The number of nitrogens with zero attached hydrogens (tertiary/aromatic N) is 1. The molecule has 3 atom stereocenters. The van der Waals surface area contributed by atoms with Gasteiger partial charge in [0.2, 0.25) is 0 Å². The lowest BCUT2D eigenvalue weighted by atomic mass is 9.94. The summed E-state index contributed by atoms with van der Waals surface area (Å²) in [6.45, 7) is 3.23. The average Bonchev–Trinajstić information content (AvgIpc) is 2.94. The van der Waals surface area contributed by atoms with Crippen LogP contribution in [0.1, 0.15) is 19.4 Å². The number of amides is 2. The fraction of sp³-hybridized carbons (Fsp3) is 0.500. The maximum Gasteiger partial charge on any atom is 0.408 e. The number of carbonyl (C=O) groups is 2. The normalized spacial score (nSPS) is 27.1. The Balaban J connectivity index is 1.67. The number of β-lactam (4-membered cyclic amide) rings is 1. The van der Waals surface area contributed by atoms with Gasteiger partial charge in [0.1, 0.15) is 24.8 Å². The standard InChI is InChI=1S/C16H20N2O8S/c1-16(2)25-9-11(26-16)13-12(14(19)18(13)27(21,22)23)17-15(20)24-8-10-6-4-3-5-7-10/h3-7,11-13H,8-9H2,1-2H3,(H,17,20)(H,21,22,23)/t11-,12-,13+/m0/s1. The molecule has 0 aromatic heterocycles. The third-order valence-electron chi connectivity index (χ3n) is 4.24. The van der Waals surface area contributed by atoms with Crippen LogP contribution in [0.4, 0.5) is 4.79 Å². The highest BCUT2D eigenvalue weighted by atomic mass is 32.2. The molecule has 148 valence electrons. The van der Waals surface area contributed by atoms with E-state index in [9.17, 15) is 22.6 Å². The fourth-order valence-corrected chi connectivity index (χ4v) is 3.95. The van der Waals surface area contributed by atoms with Crippen LogP contribution in [-0.4, -0.2) is 59.9 Å². The molecule has 2 aliphatic heterocycles. The number of nitrogens with one attached hydrogen (secondary N) is 1. The molecule has 2 aliphatic rings. The minimum atomic E-state index is -4.81. The van der Waals surface area contributed by atoms with Gasteiger partial charge in [-0.05, 0) is 19.4 Å². The largest absolute Gasteiger partial charge is 0.445 e. The first kappa shape index (κ1) is 19.5. The van der Waals surface area contributed by atoms with Crippen LogP contribution in [0.3, 0.4) is 0 Å². The van der Waals surface area contributed by atoms with Crippen molar-refractivity contribution in [2.24, 2.45) is 0 Å². The van der Waals surface area contributed by atoms with Gasteiger partial charge < -0.3 is 19.5 Å². The van der Waals surface area contributed by atoms with Crippen molar-refractivity contribution < 1.29 is 36.8 Å². The van der Waals surface area contributed by atoms with Crippen LogP contribution in [0.5, 0.6) is 0 Å². The van der Waals surface area contributed by atoms with Crippen molar-refractivity contribution in [2.75, 3.05) is 6.61 Å². The van der Waals surface area contributed by atoms with Gasteiger partial charge in [-0.25, -0.2) is 9.10 Å². The van der Waals surface area contributed by atoms with Crippen molar-refractivity contribution >= 4 is 22.3 Å². The van der Waals surface area contributed by atoms with E-state index in [1.54, 1.807) is 38.1 Å². The van der Waals surface area contributed by atoms with Crippen molar-refractivity contribution in [3.05, 3.63) is 35.9 Å². The minimum absolute atomic E-state index is 0.00574. The van der Waals surface area contributed by atoms with Gasteiger partial charge in [-0.1, -0.05) is 30.3 Å². The Morgan fingerprint density at radius 1 is 1.37 bits per heavy atom. The lowest BCUT2D eigenvalue weighted by molar-refractivity contribution is -0.164. The lowest BCUT2D eigenvalue weighted by Gasteiger charge is -2.46. The molecule has 11 heteroatoms. The molecule has 10 nitrogen and oxygen atoms in total. The Morgan fingerprint density at radius 3 is 2.59 bits per heavy atom. The first-order chi connectivity index (χ1) is 12.6. The van der Waals surface area contributed by atoms with Gasteiger partial charge in [-0.2, -0.15) is 8.42 Å². The fourth-order valence-electron chi connectivity index (χ4n) is 3.04. The molecule has 1 aromatic carbocycles. The van der Waals surface area contributed by atoms with Crippen LogP contribution < -0.4 is 5.32 Å². The summed E-state index contributed by atoms with van der Waals surface area (Å²) in [6.07, 6.45) is -1.74. The van der Waals surface area contributed by atoms with Crippen molar-refractivity contribution in [3.8, 4) is 0 Å². The van der Waals surface area contributed by atoms with Gasteiger partial charge in [0.05, 0.1) is 6.61 Å². The highest BCUT2D eigenvalue weighted by Gasteiger charge is 2.59. The average molecular weight is 400 g/mol. The number of rotatable bonds is 5. The van der Waals surface area contributed by atoms with Crippen molar-refractivity contribution in [1.29, 1.82) is 0 Å². The molecule has 2 amide bonds. The van der Waals surface area contributed by atoms with E-state index in [-0.39, 0.29) is 17.5 Å². The second-order valence-electron chi connectivity index (χ2n) is 6.65. The molecule has 2 heterocycles. The summed E-state index contributed by atoms with van der Waals surface area (Å²) in [5.74, 6) is -1.96. The molecular formula is C16H20N2O8S. The third kappa shape index (κ3) is 4.21. The van der Waals surface area contributed by atoms with E-state index in [4.69, 9.17) is 14.2 Å². The Bertz CT molecular complexity index is 826. The SMILES string of the molecule is CC1(C)OC[C@@H]([C@@H]2[C@H](NC(=O)OCc3ccccc3)C(=O)N2S(=O)(=O)O)O1. The van der Waals surface area contributed by atoms with Crippen LogP contribution in [0.2, 0.25) is 0 Å². The summed E-state index contributed by atoms with van der Waals surface area (Å²) in [5, 5.41) is 2.33. The van der Waals surface area contributed by atoms with E-state index in [1.807, 2.05) is 6.07 Å². The second-order valence-corrected chi connectivity index (χ2v) is 7.94. The van der Waals surface area contributed by atoms with Crippen LogP contribution in [0.25, 0.3) is 0 Å². The quantitative estimate of drug-likeness (QED) is 0.538. The number of hydrogen-bond donors (Lipinski definition) is 2. The van der Waals surface area contributed by atoms with E-state index in [1.165, 1.54) is 0 Å². The van der Waals surface area contributed by atoms with Crippen LogP contribution in [0.15, 0.2) is 30.3 Å². The van der Waals surface area contributed by atoms with E-state index < -0.39 is 46.3 Å². The molecule has 2 saturated heterocycles. The molecule has 0 unspecified atom stereocenters. The molecule has 0 aliphatic carbocycles. The molecule has 27 heavy (non-hydrogen) atoms. The smallest absolute Gasteiger partial charge is 0.408 e. The molecule has 2 fully saturated rings. The molecule has 0 bridgehead atoms. The zero-order chi connectivity index (χ0) is 19.8. The molecule has 2 N–H and O–H groups in total. The Morgan fingerprint density at radius 2 is 2.04 bits per heavy atom. The Labute approximate surface area is 156 Å². The highest BCUT2D eigenvalue weighted by molar-refractivity contribution is 7.84. The van der Waals surface area contributed by atoms with Crippen LogP contribution >= 0.6 is 0 Å². The monoisotopic (exact) mass is 400 g/mol. The van der Waals surface area contributed by atoms with Crippen LogP contribution in [-0.2, 0) is 35.9 Å². The van der Waals surface area contributed by atoms with Crippen molar-refractivity contribution in [2.45, 2.75) is 44.4 Å². The van der Waals surface area contributed by atoms with Gasteiger partial charge in [0.15, 0.2) is 5.79 Å². The number of hydrogen-bond acceptors (Lipinski definition) is 7. The summed E-state index contributed by atoms with van der Waals surface area (Å²) in [7, 11) is -4.81. The van der Waals surface area contributed by atoms with E-state index in [0.29, 0.717) is 0 Å². The maximum atomic E-state index is 12.2.